The van der Waals surface area contributed by atoms with E-state index in [1.54, 1.807) is 14.2 Å². The largest absolute Gasteiger partial charge is 0.492 e. The molecule has 2 aromatic rings. The first kappa shape index (κ1) is 19.3. The minimum atomic E-state index is 0.217. The van der Waals surface area contributed by atoms with Crippen LogP contribution in [0.2, 0.25) is 0 Å². The summed E-state index contributed by atoms with van der Waals surface area (Å²) in [6.07, 6.45) is 2.85. The molecule has 5 nitrogen and oxygen atoms in total. The second kappa shape index (κ2) is 9.44. The molecule has 0 aliphatic carbocycles. The summed E-state index contributed by atoms with van der Waals surface area (Å²) in [7, 11) is 3.21. The van der Waals surface area contributed by atoms with Gasteiger partial charge in [0.25, 0.3) is 0 Å². The Bertz CT molecular complexity index is 741. The van der Waals surface area contributed by atoms with Crippen molar-refractivity contribution in [3.05, 3.63) is 66.2 Å². The van der Waals surface area contributed by atoms with Crippen LogP contribution in [0.3, 0.4) is 0 Å². The zero-order valence-corrected chi connectivity index (χ0v) is 15.9. The molecule has 0 amide bonds. The van der Waals surface area contributed by atoms with Crippen LogP contribution in [0.4, 0.5) is 0 Å². The van der Waals surface area contributed by atoms with Crippen LogP contribution in [0.5, 0.6) is 17.2 Å². The van der Waals surface area contributed by atoms with Gasteiger partial charge in [-0.2, -0.15) is 0 Å². The maximum atomic E-state index is 6.08. The van der Waals surface area contributed by atoms with Gasteiger partial charge in [-0.05, 0) is 35.7 Å². The molecule has 1 heterocycles. The standard InChI is InChI=1S/C22H26O5/c1-4-5-19-20-11-10-18(27-15-24-3)12-22(20)25-13-21(19)16-6-8-17(9-7-16)26-14-23-2/h4,6-12,19,21H,1,5,13-15H2,2-3H3/t19-,21?/m1/s1. The van der Waals surface area contributed by atoms with Gasteiger partial charge in [-0.3, -0.25) is 0 Å². The maximum Gasteiger partial charge on any atom is 0.188 e. The van der Waals surface area contributed by atoms with E-state index in [9.17, 15) is 0 Å². The molecule has 0 saturated heterocycles. The highest BCUT2D eigenvalue weighted by molar-refractivity contribution is 5.47. The van der Waals surface area contributed by atoms with Crippen LogP contribution >= 0.6 is 0 Å². The molecular formula is C22H26O5. The van der Waals surface area contributed by atoms with Crippen molar-refractivity contribution < 1.29 is 23.7 Å². The van der Waals surface area contributed by atoms with E-state index < -0.39 is 0 Å². The van der Waals surface area contributed by atoms with Gasteiger partial charge in [0, 0.05) is 32.1 Å². The zero-order chi connectivity index (χ0) is 19.1. The molecule has 0 aromatic heterocycles. The molecule has 1 aliphatic rings. The van der Waals surface area contributed by atoms with Gasteiger partial charge in [-0.1, -0.05) is 24.3 Å². The third-order valence-corrected chi connectivity index (χ3v) is 4.70. The highest BCUT2D eigenvalue weighted by Crippen LogP contribution is 2.45. The summed E-state index contributed by atoms with van der Waals surface area (Å²) in [6, 6.07) is 14.1. The van der Waals surface area contributed by atoms with Crippen molar-refractivity contribution in [2.45, 2.75) is 18.3 Å². The van der Waals surface area contributed by atoms with Gasteiger partial charge in [-0.25, -0.2) is 0 Å². The molecule has 0 radical (unpaired) electrons. The molecule has 3 rings (SSSR count). The fraction of sp³-hybridized carbons (Fsp3) is 0.364. The summed E-state index contributed by atoms with van der Waals surface area (Å²) in [6.45, 7) is 5.01. The zero-order valence-electron chi connectivity index (χ0n) is 15.9. The number of allylic oxidation sites excluding steroid dienone is 1. The van der Waals surface area contributed by atoms with Crippen molar-refractivity contribution in [3.8, 4) is 17.2 Å². The summed E-state index contributed by atoms with van der Waals surface area (Å²) in [5.41, 5.74) is 2.40. The average Bonchev–Trinajstić information content (AvgIpc) is 2.71. The molecular weight excluding hydrogens is 344 g/mol. The first-order valence-corrected chi connectivity index (χ1v) is 8.98. The SMILES string of the molecule is C=CC[C@@H]1c2ccc(OCOC)cc2OCC1c1ccc(OCOC)cc1. The highest BCUT2D eigenvalue weighted by Gasteiger charge is 2.31. The molecule has 0 spiro atoms. The third kappa shape index (κ3) is 4.62. The number of hydrogen-bond donors (Lipinski definition) is 0. The van der Waals surface area contributed by atoms with Crippen molar-refractivity contribution in [1.29, 1.82) is 0 Å². The normalized spacial score (nSPS) is 18.3. The van der Waals surface area contributed by atoms with Crippen LogP contribution in [-0.2, 0) is 9.47 Å². The Morgan fingerprint density at radius 2 is 1.67 bits per heavy atom. The molecule has 144 valence electrons. The lowest BCUT2D eigenvalue weighted by molar-refractivity contribution is 0.0507. The summed E-state index contributed by atoms with van der Waals surface area (Å²) in [5, 5.41) is 0. The molecule has 5 heteroatoms. The number of hydrogen-bond acceptors (Lipinski definition) is 5. The van der Waals surface area contributed by atoms with E-state index in [0.717, 1.165) is 23.7 Å². The van der Waals surface area contributed by atoms with E-state index in [4.69, 9.17) is 23.7 Å². The van der Waals surface area contributed by atoms with Crippen molar-refractivity contribution in [2.75, 3.05) is 34.4 Å². The molecule has 27 heavy (non-hydrogen) atoms. The second-order valence-electron chi connectivity index (χ2n) is 6.42. The minimum absolute atomic E-state index is 0.217. The predicted octanol–water partition coefficient (Wildman–Crippen LogP) is 4.49. The average molecular weight is 370 g/mol. The van der Waals surface area contributed by atoms with Crippen molar-refractivity contribution in [3.63, 3.8) is 0 Å². The van der Waals surface area contributed by atoms with Gasteiger partial charge in [0.15, 0.2) is 13.6 Å². The quantitative estimate of drug-likeness (QED) is 0.481. The maximum absolute atomic E-state index is 6.08. The molecule has 0 saturated carbocycles. The fourth-order valence-electron chi connectivity index (χ4n) is 3.41. The summed E-state index contributed by atoms with van der Waals surface area (Å²) in [4.78, 5) is 0. The van der Waals surface area contributed by atoms with Crippen LogP contribution in [0, 0.1) is 0 Å². The Balaban J connectivity index is 1.82. The summed E-state index contributed by atoms with van der Waals surface area (Å²) < 4.78 is 27.0. The molecule has 1 unspecified atom stereocenters. The molecule has 0 N–H and O–H groups in total. The lowest BCUT2D eigenvalue weighted by Crippen LogP contribution is -2.24. The smallest absolute Gasteiger partial charge is 0.188 e. The minimum Gasteiger partial charge on any atom is -0.492 e. The summed E-state index contributed by atoms with van der Waals surface area (Å²) in [5.74, 6) is 2.95. The van der Waals surface area contributed by atoms with Crippen LogP contribution < -0.4 is 14.2 Å². The van der Waals surface area contributed by atoms with Crippen LogP contribution in [0.1, 0.15) is 29.4 Å². The number of benzene rings is 2. The number of methoxy groups -OCH3 is 2. The molecule has 0 fully saturated rings. The van der Waals surface area contributed by atoms with Crippen molar-refractivity contribution in [1.82, 2.24) is 0 Å². The van der Waals surface area contributed by atoms with Gasteiger partial charge >= 0.3 is 0 Å². The van der Waals surface area contributed by atoms with E-state index in [1.807, 2.05) is 30.3 Å². The van der Waals surface area contributed by atoms with Gasteiger partial charge in [-0.15, -0.1) is 6.58 Å². The number of fused-ring (bicyclic) bond motifs is 1. The van der Waals surface area contributed by atoms with Crippen molar-refractivity contribution in [2.24, 2.45) is 0 Å². The highest BCUT2D eigenvalue weighted by atomic mass is 16.7. The first-order valence-electron chi connectivity index (χ1n) is 8.98. The van der Waals surface area contributed by atoms with Crippen LogP contribution in [0.25, 0.3) is 0 Å². The number of rotatable bonds is 9. The Hall–Kier alpha value is -2.50. The van der Waals surface area contributed by atoms with Crippen molar-refractivity contribution >= 4 is 0 Å². The van der Waals surface area contributed by atoms with E-state index in [-0.39, 0.29) is 19.5 Å². The molecule has 2 aromatic carbocycles. The van der Waals surface area contributed by atoms with Gasteiger partial charge in [0.2, 0.25) is 0 Å². The monoisotopic (exact) mass is 370 g/mol. The Morgan fingerprint density at radius 3 is 2.33 bits per heavy atom. The van der Waals surface area contributed by atoms with Gasteiger partial charge in [0.1, 0.15) is 17.2 Å². The molecule has 2 atom stereocenters. The van der Waals surface area contributed by atoms with Gasteiger partial charge < -0.3 is 23.7 Å². The van der Waals surface area contributed by atoms with E-state index >= 15 is 0 Å². The first-order chi connectivity index (χ1) is 13.3. The lowest BCUT2D eigenvalue weighted by Gasteiger charge is -2.34. The van der Waals surface area contributed by atoms with Crippen LogP contribution in [0.15, 0.2) is 55.1 Å². The Morgan fingerprint density at radius 1 is 1.00 bits per heavy atom. The molecule has 0 bridgehead atoms. The Labute approximate surface area is 160 Å². The van der Waals surface area contributed by atoms with Gasteiger partial charge in [0.05, 0.1) is 6.61 Å². The third-order valence-electron chi connectivity index (χ3n) is 4.70. The fourth-order valence-corrected chi connectivity index (χ4v) is 3.41. The van der Waals surface area contributed by atoms with E-state index in [0.29, 0.717) is 12.5 Å². The second-order valence-corrected chi connectivity index (χ2v) is 6.42. The number of ether oxygens (including phenoxy) is 5. The predicted molar refractivity (Wildman–Crippen MR) is 104 cm³/mol. The lowest BCUT2D eigenvalue weighted by atomic mass is 9.78. The van der Waals surface area contributed by atoms with E-state index in [1.165, 1.54) is 11.1 Å². The van der Waals surface area contributed by atoms with Crippen LogP contribution in [-0.4, -0.2) is 34.4 Å². The topological polar surface area (TPSA) is 46.2 Å². The molecule has 1 aliphatic heterocycles. The Kier molecular flexibility index (Phi) is 6.74. The van der Waals surface area contributed by atoms with E-state index in [2.05, 4.69) is 24.8 Å². The summed E-state index contributed by atoms with van der Waals surface area (Å²) >= 11 is 0.